The summed E-state index contributed by atoms with van der Waals surface area (Å²) in [6.07, 6.45) is -0.371. The van der Waals surface area contributed by atoms with Gasteiger partial charge in [-0.15, -0.1) is 0 Å². The van der Waals surface area contributed by atoms with Crippen molar-refractivity contribution in [1.29, 1.82) is 0 Å². The SMILES string of the molecule is COC1CCC(COc2ncc(S(=O)[O-])cc2C(F)(F)F)CC1. The van der Waals surface area contributed by atoms with Crippen LogP contribution in [0, 0.1) is 5.92 Å². The van der Waals surface area contributed by atoms with E-state index in [-0.39, 0.29) is 18.6 Å². The van der Waals surface area contributed by atoms with Gasteiger partial charge < -0.3 is 14.0 Å². The zero-order valence-electron chi connectivity index (χ0n) is 12.5. The molecule has 1 atom stereocenters. The summed E-state index contributed by atoms with van der Waals surface area (Å²) in [5.41, 5.74) is -1.18. The van der Waals surface area contributed by atoms with Crippen LogP contribution >= 0.6 is 0 Å². The van der Waals surface area contributed by atoms with Gasteiger partial charge in [-0.25, -0.2) is 4.98 Å². The van der Waals surface area contributed by atoms with Crippen LogP contribution in [0.25, 0.3) is 0 Å². The van der Waals surface area contributed by atoms with Gasteiger partial charge in [0, 0.05) is 18.2 Å². The van der Waals surface area contributed by atoms with Crippen molar-refractivity contribution in [2.75, 3.05) is 13.7 Å². The van der Waals surface area contributed by atoms with E-state index in [1.54, 1.807) is 7.11 Å². The molecule has 130 valence electrons. The molecule has 2 rings (SSSR count). The van der Waals surface area contributed by atoms with Crippen molar-refractivity contribution in [3.63, 3.8) is 0 Å². The van der Waals surface area contributed by atoms with Crippen LogP contribution in [-0.4, -0.2) is 33.6 Å². The summed E-state index contributed by atoms with van der Waals surface area (Å²) in [4.78, 5) is 3.00. The number of aromatic nitrogens is 1. The van der Waals surface area contributed by atoms with Gasteiger partial charge in [0.25, 0.3) is 0 Å². The van der Waals surface area contributed by atoms with E-state index in [0.717, 1.165) is 31.9 Å². The van der Waals surface area contributed by atoms with Gasteiger partial charge in [-0.3, -0.25) is 4.21 Å². The van der Waals surface area contributed by atoms with Crippen molar-refractivity contribution >= 4 is 11.1 Å². The Hall–Kier alpha value is -1.19. The first-order chi connectivity index (χ1) is 10.8. The maximum absolute atomic E-state index is 13.0. The molecular weight excluding hydrogens is 335 g/mol. The topological polar surface area (TPSA) is 71.5 Å². The van der Waals surface area contributed by atoms with Gasteiger partial charge in [0.15, 0.2) is 0 Å². The molecule has 1 aliphatic rings. The highest BCUT2D eigenvalue weighted by molar-refractivity contribution is 7.79. The monoisotopic (exact) mass is 352 g/mol. The Labute approximate surface area is 134 Å². The normalized spacial score (nSPS) is 23.5. The number of rotatable bonds is 5. The van der Waals surface area contributed by atoms with Crippen LogP contribution in [0.15, 0.2) is 17.2 Å². The van der Waals surface area contributed by atoms with E-state index in [4.69, 9.17) is 9.47 Å². The molecule has 1 saturated carbocycles. The number of nitrogens with zero attached hydrogens (tertiary/aromatic N) is 1. The summed E-state index contributed by atoms with van der Waals surface area (Å²) in [5, 5.41) is 0. The fourth-order valence-electron chi connectivity index (χ4n) is 2.57. The molecule has 0 N–H and O–H groups in total. The molecule has 1 heterocycles. The summed E-state index contributed by atoms with van der Waals surface area (Å²) >= 11 is -2.78. The number of alkyl halides is 3. The fraction of sp³-hybridized carbons (Fsp3) is 0.643. The first kappa shape index (κ1) is 18.2. The molecule has 0 radical (unpaired) electrons. The summed E-state index contributed by atoms with van der Waals surface area (Å²) in [6.45, 7) is 0.117. The van der Waals surface area contributed by atoms with Crippen LogP contribution in [0.5, 0.6) is 5.88 Å². The van der Waals surface area contributed by atoms with E-state index >= 15 is 0 Å². The largest absolute Gasteiger partial charge is 0.768 e. The van der Waals surface area contributed by atoms with Crippen LogP contribution in [0.4, 0.5) is 13.2 Å². The van der Waals surface area contributed by atoms with Crippen LogP contribution in [-0.2, 0) is 22.0 Å². The number of hydrogen-bond acceptors (Lipinski definition) is 5. The molecule has 1 aromatic rings. The van der Waals surface area contributed by atoms with Crippen molar-refractivity contribution in [2.45, 2.75) is 42.9 Å². The highest BCUT2D eigenvalue weighted by Crippen LogP contribution is 2.36. The second-order valence-electron chi connectivity index (χ2n) is 5.45. The number of methoxy groups -OCH3 is 1. The molecule has 0 saturated heterocycles. The molecule has 1 aromatic heterocycles. The second-order valence-corrected chi connectivity index (χ2v) is 6.39. The standard InChI is InChI=1S/C14H18F3NO4S/c1-21-10-4-2-9(3-5-10)8-22-13-12(14(15,16)17)6-11(7-18-13)23(19)20/h6-7,9-10H,2-5,8H2,1H3,(H,19,20)/p-1. The second kappa shape index (κ2) is 7.59. The molecule has 5 nitrogen and oxygen atoms in total. The van der Waals surface area contributed by atoms with Gasteiger partial charge in [0.1, 0.15) is 5.56 Å². The minimum Gasteiger partial charge on any atom is -0.768 e. The Morgan fingerprint density at radius 1 is 1.35 bits per heavy atom. The van der Waals surface area contributed by atoms with Gasteiger partial charge >= 0.3 is 6.18 Å². The van der Waals surface area contributed by atoms with Crippen LogP contribution in [0.3, 0.4) is 0 Å². The molecule has 1 fully saturated rings. The van der Waals surface area contributed by atoms with E-state index < -0.39 is 33.6 Å². The molecule has 23 heavy (non-hydrogen) atoms. The average molecular weight is 352 g/mol. The third-order valence-corrected chi connectivity index (χ3v) is 4.51. The maximum atomic E-state index is 13.0. The van der Waals surface area contributed by atoms with Crippen molar-refractivity contribution in [1.82, 2.24) is 4.98 Å². The molecule has 9 heteroatoms. The zero-order valence-corrected chi connectivity index (χ0v) is 13.3. The smallest absolute Gasteiger partial charge is 0.421 e. The van der Waals surface area contributed by atoms with Crippen molar-refractivity contribution in [3.8, 4) is 5.88 Å². The summed E-state index contributed by atoms with van der Waals surface area (Å²) in [5.74, 6) is -0.446. The predicted molar refractivity (Wildman–Crippen MR) is 74.7 cm³/mol. The van der Waals surface area contributed by atoms with Crippen LogP contribution in [0.2, 0.25) is 0 Å². The molecule has 0 aliphatic heterocycles. The highest BCUT2D eigenvalue weighted by Gasteiger charge is 2.36. The van der Waals surface area contributed by atoms with Crippen molar-refractivity contribution in [2.24, 2.45) is 5.92 Å². The highest BCUT2D eigenvalue weighted by atomic mass is 32.2. The maximum Gasteiger partial charge on any atom is 0.421 e. The van der Waals surface area contributed by atoms with Gasteiger partial charge in [-0.1, -0.05) is 0 Å². The van der Waals surface area contributed by atoms with E-state index in [2.05, 4.69) is 4.98 Å². The minimum absolute atomic E-state index is 0.117. The van der Waals surface area contributed by atoms with Crippen molar-refractivity contribution < 1.29 is 31.4 Å². The van der Waals surface area contributed by atoms with Gasteiger partial charge in [0.05, 0.1) is 12.7 Å². The summed E-state index contributed by atoms with van der Waals surface area (Å²) < 4.78 is 71.1. The van der Waals surface area contributed by atoms with Crippen molar-refractivity contribution in [3.05, 3.63) is 17.8 Å². The zero-order chi connectivity index (χ0) is 17.0. The Morgan fingerprint density at radius 2 is 2.00 bits per heavy atom. The van der Waals surface area contributed by atoms with Gasteiger partial charge in [-0.2, -0.15) is 13.2 Å². The molecular formula is C14H17F3NO4S-. The molecule has 1 aliphatic carbocycles. The number of hydrogen-bond donors (Lipinski definition) is 0. The van der Waals surface area contributed by atoms with Crippen LogP contribution in [0.1, 0.15) is 31.2 Å². The predicted octanol–water partition coefficient (Wildman–Crippen LogP) is 2.92. The lowest BCUT2D eigenvalue weighted by atomic mass is 9.88. The number of pyridine rings is 1. The lowest BCUT2D eigenvalue weighted by Gasteiger charge is -2.27. The lowest BCUT2D eigenvalue weighted by Crippen LogP contribution is -2.24. The summed E-state index contributed by atoms with van der Waals surface area (Å²) in [7, 11) is 1.64. The van der Waals surface area contributed by atoms with Crippen LogP contribution < -0.4 is 4.74 Å². The Kier molecular flexibility index (Phi) is 5.99. The first-order valence-corrected chi connectivity index (χ1v) is 8.21. The molecule has 0 aromatic carbocycles. The Bertz CT molecular complexity index is 559. The third-order valence-electron chi connectivity index (χ3n) is 3.91. The average Bonchev–Trinajstić information content (AvgIpc) is 2.52. The van der Waals surface area contributed by atoms with E-state index in [0.29, 0.717) is 6.07 Å². The molecule has 1 unspecified atom stereocenters. The minimum atomic E-state index is -4.73. The molecule has 0 spiro atoms. The van der Waals surface area contributed by atoms with E-state index in [9.17, 15) is 21.9 Å². The first-order valence-electron chi connectivity index (χ1n) is 7.13. The fourth-order valence-corrected chi connectivity index (χ4v) is 2.93. The Balaban J connectivity index is 2.06. The van der Waals surface area contributed by atoms with Gasteiger partial charge in [-0.05, 0) is 48.7 Å². The molecule has 0 bridgehead atoms. The number of ether oxygens (including phenoxy) is 2. The number of halogens is 3. The summed E-state index contributed by atoms with van der Waals surface area (Å²) in [6, 6.07) is 0.535. The Morgan fingerprint density at radius 3 is 2.52 bits per heavy atom. The van der Waals surface area contributed by atoms with Gasteiger partial charge in [0.2, 0.25) is 5.88 Å². The third kappa shape index (κ3) is 4.89. The quantitative estimate of drug-likeness (QED) is 0.762. The lowest BCUT2D eigenvalue weighted by molar-refractivity contribution is -0.139. The molecule has 0 amide bonds. The van der Waals surface area contributed by atoms with E-state index in [1.807, 2.05) is 0 Å². The van der Waals surface area contributed by atoms with E-state index in [1.165, 1.54) is 0 Å².